The highest BCUT2D eigenvalue weighted by molar-refractivity contribution is 5.56. The van der Waals surface area contributed by atoms with Crippen molar-refractivity contribution in [2.24, 2.45) is 0 Å². The summed E-state index contributed by atoms with van der Waals surface area (Å²) in [6.07, 6.45) is -0.580. The second-order valence-electron chi connectivity index (χ2n) is 4.48. The van der Waals surface area contributed by atoms with Gasteiger partial charge in [0.15, 0.2) is 0 Å². The van der Waals surface area contributed by atoms with E-state index in [0.29, 0.717) is 30.9 Å². The number of morpholine rings is 1. The van der Waals surface area contributed by atoms with Crippen LogP contribution in [0, 0.1) is 5.82 Å². The molecule has 0 saturated carbocycles. The van der Waals surface area contributed by atoms with E-state index in [4.69, 9.17) is 4.74 Å². The average molecular weight is 239 g/mol. The summed E-state index contributed by atoms with van der Waals surface area (Å²) in [5, 5.41) is 9.70. The Morgan fingerprint density at radius 3 is 2.94 bits per heavy atom. The monoisotopic (exact) mass is 239 g/mol. The van der Waals surface area contributed by atoms with Gasteiger partial charge in [-0.05, 0) is 19.9 Å². The number of nitrogens with zero attached hydrogens (tertiary/aromatic N) is 1. The lowest BCUT2D eigenvalue weighted by atomic mass is 10.1. The second kappa shape index (κ2) is 5.02. The fourth-order valence-corrected chi connectivity index (χ4v) is 2.22. The fraction of sp³-hybridized carbons (Fsp3) is 0.538. The molecule has 2 unspecified atom stereocenters. The molecular weight excluding hydrogens is 221 g/mol. The SMILES string of the molecule is CC1CN(c2c(F)cccc2C(C)O)CCO1. The zero-order valence-electron chi connectivity index (χ0n) is 10.2. The molecule has 0 aliphatic carbocycles. The molecule has 17 heavy (non-hydrogen) atoms. The molecule has 0 bridgehead atoms. The van der Waals surface area contributed by atoms with Crippen LogP contribution in [0.3, 0.4) is 0 Å². The number of para-hydroxylation sites is 1. The minimum Gasteiger partial charge on any atom is -0.389 e. The van der Waals surface area contributed by atoms with Crippen LogP contribution in [0.5, 0.6) is 0 Å². The van der Waals surface area contributed by atoms with Gasteiger partial charge in [0.2, 0.25) is 0 Å². The van der Waals surface area contributed by atoms with Crippen molar-refractivity contribution >= 4 is 5.69 Å². The van der Waals surface area contributed by atoms with Crippen molar-refractivity contribution in [3.05, 3.63) is 29.6 Å². The molecule has 1 aliphatic rings. The minimum absolute atomic E-state index is 0.0882. The molecule has 0 spiro atoms. The van der Waals surface area contributed by atoms with Crippen molar-refractivity contribution < 1.29 is 14.2 Å². The summed E-state index contributed by atoms with van der Waals surface area (Å²) in [6.45, 7) is 5.53. The molecule has 1 aromatic carbocycles. The summed E-state index contributed by atoms with van der Waals surface area (Å²) < 4.78 is 19.4. The molecule has 1 saturated heterocycles. The first-order valence-corrected chi connectivity index (χ1v) is 5.92. The molecule has 1 N–H and O–H groups in total. The van der Waals surface area contributed by atoms with Crippen molar-refractivity contribution in [1.29, 1.82) is 0 Å². The summed E-state index contributed by atoms with van der Waals surface area (Å²) in [5.41, 5.74) is 1.15. The van der Waals surface area contributed by atoms with Gasteiger partial charge in [-0.1, -0.05) is 12.1 Å². The van der Waals surface area contributed by atoms with Gasteiger partial charge in [-0.2, -0.15) is 0 Å². The number of hydrogen-bond acceptors (Lipinski definition) is 3. The molecule has 94 valence electrons. The molecule has 1 heterocycles. The normalized spacial score (nSPS) is 22.6. The lowest BCUT2D eigenvalue weighted by Gasteiger charge is -2.34. The van der Waals surface area contributed by atoms with Gasteiger partial charge < -0.3 is 14.7 Å². The molecule has 0 aromatic heterocycles. The van der Waals surface area contributed by atoms with Gasteiger partial charge in [0, 0.05) is 18.7 Å². The van der Waals surface area contributed by atoms with Crippen molar-refractivity contribution in [1.82, 2.24) is 0 Å². The molecule has 0 amide bonds. The fourth-order valence-electron chi connectivity index (χ4n) is 2.22. The van der Waals surface area contributed by atoms with E-state index in [1.807, 2.05) is 11.8 Å². The quantitative estimate of drug-likeness (QED) is 0.858. The van der Waals surface area contributed by atoms with E-state index in [2.05, 4.69) is 0 Å². The predicted molar refractivity (Wildman–Crippen MR) is 64.7 cm³/mol. The van der Waals surface area contributed by atoms with Gasteiger partial charge in [0.05, 0.1) is 24.5 Å². The minimum atomic E-state index is -0.668. The van der Waals surface area contributed by atoms with Crippen molar-refractivity contribution in [2.75, 3.05) is 24.6 Å². The lowest BCUT2D eigenvalue weighted by molar-refractivity contribution is 0.0527. The van der Waals surface area contributed by atoms with Gasteiger partial charge in [0.1, 0.15) is 5.82 Å². The third kappa shape index (κ3) is 2.58. The molecule has 1 fully saturated rings. The topological polar surface area (TPSA) is 32.7 Å². The Morgan fingerprint density at radius 2 is 2.29 bits per heavy atom. The third-order valence-corrected chi connectivity index (χ3v) is 3.03. The summed E-state index contributed by atoms with van der Waals surface area (Å²) in [7, 11) is 0. The Labute approximate surface area is 101 Å². The average Bonchev–Trinajstić information content (AvgIpc) is 2.28. The molecule has 4 heteroatoms. The van der Waals surface area contributed by atoms with Gasteiger partial charge in [-0.25, -0.2) is 4.39 Å². The molecule has 2 atom stereocenters. The van der Waals surface area contributed by atoms with E-state index in [0.717, 1.165) is 0 Å². The van der Waals surface area contributed by atoms with Crippen LogP contribution in [-0.2, 0) is 4.74 Å². The zero-order valence-corrected chi connectivity index (χ0v) is 10.2. The summed E-state index contributed by atoms with van der Waals surface area (Å²) in [4.78, 5) is 1.95. The van der Waals surface area contributed by atoms with E-state index >= 15 is 0 Å². The number of ether oxygens (including phenoxy) is 1. The van der Waals surface area contributed by atoms with Gasteiger partial charge in [-0.3, -0.25) is 0 Å². The smallest absolute Gasteiger partial charge is 0.146 e. The van der Waals surface area contributed by atoms with Crippen molar-refractivity contribution in [3.8, 4) is 0 Å². The van der Waals surface area contributed by atoms with E-state index in [1.165, 1.54) is 6.07 Å². The molecular formula is C13H18FNO2. The highest BCUT2D eigenvalue weighted by Gasteiger charge is 2.23. The summed E-state index contributed by atoms with van der Waals surface area (Å²) in [5.74, 6) is -0.280. The van der Waals surface area contributed by atoms with Crippen LogP contribution in [0.2, 0.25) is 0 Å². The Balaban J connectivity index is 2.35. The van der Waals surface area contributed by atoms with Crippen molar-refractivity contribution in [3.63, 3.8) is 0 Å². The van der Waals surface area contributed by atoms with Crippen LogP contribution in [0.4, 0.5) is 10.1 Å². The first-order chi connectivity index (χ1) is 8.09. The predicted octanol–water partition coefficient (Wildman–Crippen LogP) is 2.10. The number of rotatable bonds is 2. The number of aliphatic hydroxyl groups is 1. The van der Waals surface area contributed by atoms with Crippen LogP contribution < -0.4 is 4.90 Å². The van der Waals surface area contributed by atoms with E-state index in [1.54, 1.807) is 19.1 Å². The van der Waals surface area contributed by atoms with Crippen LogP contribution in [0.15, 0.2) is 18.2 Å². The first kappa shape index (κ1) is 12.3. The third-order valence-electron chi connectivity index (χ3n) is 3.03. The number of halogens is 1. The maximum absolute atomic E-state index is 13.9. The lowest BCUT2D eigenvalue weighted by Crippen LogP contribution is -2.42. The molecule has 0 radical (unpaired) electrons. The van der Waals surface area contributed by atoms with E-state index < -0.39 is 6.10 Å². The van der Waals surface area contributed by atoms with Crippen molar-refractivity contribution in [2.45, 2.75) is 26.1 Å². The maximum atomic E-state index is 13.9. The molecule has 1 aliphatic heterocycles. The Bertz CT molecular complexity index is 395. The molecule has 1 aromatic rings. The zero-order chi connectivity index (χ0) is 12.4. The largest absolute Gasteiger partial charge is 0.389 e. The van der Waals surface area contributed by atoms with E-state index in [9.17, 15) is 9.50 Å². The number of aliphatic hydroxyl groups excluding tert-OH is 1. The first-order valence-electron chi connectivity index (χ1n) is 5.92. The Kier molecular flexibility index (Phi) is 3.64. The highest BCUT2D eigenvalue weighted by atomic mass is 19.1. The van der Waals surface area contributed by atoms with Gasteiger partial charge in [-0.15, -0.1) is 0 Å². The Morgan fingerprint density at radius 1 is 1.53 bits per heavy atom. The number of hydrogen-bond donors (Lipinski definition) is 1. The maximum Gasteiger partial charge on any atom is 0.146 e. The number of benzene rings is 1. The summed E-state index contributed by atoms with van der Waals surface area (Å²) in [6, 6.07) is 4.83. The van der Waals surface area contributed by atoms with Crippen LogP contribution in [0.1, 0.15) is 25.5 Å². The van der Waals surface area contributed by atoms with Gasteiger partial charge in [0.25, 0.3) is 0 Å². The highest BCUT2D eigenvalue weighted by Crippen LogP contribution is 2.30. The second-order valence-corrected chi connectivity index (χ2v) is 4.48. The Hall–Kier alpha value is -1.13. The number of anilines is 1. The van der Waals surface area contributed by atoms with Crippen LogP contribution in [0.25, 0.3) is 0 Å². The standard InChI is InChI=1S/C13H18FNO2/c1-9-8-15(6-7-17-9)13-11(10(2)16)4-3-5-12(13)14/h3-5,9-10,16H,6-8H2,1-2H3. The van der Waals surface area contributed by atoms with Gasteiger partial charge >= 0.3 is 0 Å². The van der Waals surface area contributed by atoms with Crippen LogP contribution in [-0.4, -0.2) is 30.9 Å². The summed E-state index contributed by atoms with van der Waals surface area (Å²) >= 11 is 0. The van der Waals surface area contributed by atoms with Crippen LogP contribution >= 0.6 is 0 Å². The van der Waals surface area contributed by atoms with E-state index in [-0.39, 0.29) is 11.9 Å². The molecule has 2 rings (SSSR count). The molecule has 3 nitrogen and oxygen atoms in total.